The van der Waals surface area contributed by atoms with Gasteiger partial charge in [0.15, 0.2) is 0 Å². The van der Waals surface area contributed by atoms with Crippen molar-refractivity contribution in [1.29, 1.82) is 0 Å². The first-order chi connectivity index (χ1) is 9.93. The van der Waals surface area contributed by atoms with Crippen molar-refractivity contribution in [3.8, 4) is 11.1 Å². The SMILES string of the molecule is COC(=O)c1cc(-c2ccc(C(=O)O)c(Cl)c2)ccc1F. The molecule has 0 spiro atoms. The third kappa shape index (κ3) is 3.03. The number of esters is 1. The monoisotopic (exact) mass is 308 g/mol. The highest BCUT2D eigenvalue weighted by atomic mass is 35.5. The maximum absolute atomic E-state index is 13.6. The van der Waals surface area contributed by atoms with Gasteiger partial charge in [0, 0.05) is 0 Å². The number of benzene rings is 2. The molecule has 0 aliphatic heterocycles. The lowest BCUT2D eigenvalue weighted by Gasteiger charge is -2.07. The zero-order valence-electron chi connectivity index (χ0n) is 10.9. The number of methoxy groups -OCH3 is 1. The second-order valence-electron chi connectivity index (χ2n) is 4.19. The van der Waals surface area contributed by atoms with Gasteiger partial charge in [0.05, 0.1) is 23.3 Å². The first kappa shape index (κ1) is 15.0. The Labute approximate surface area is 124 Å². The molecule has 0 radical (unpaired) electrons. The zero-order chi connectivity index (χ0) is 15.6. The fourth-order valence-corrected chi connectivity index (χ4v) is 2.10. The molecule has 0 amide bonds. The minimum atomic E-state index is -1.14. The van der Waals surface area contributed by atoms with Crippen LogP contribution in [-0.4, -0.2) is 24.2 Å². The number of halogens is 2. The number of carbonyl (C=O) groups excluding carboxylic acids is 1. The molecule has 21 heavy (non-hydrogen) atoms. The van der Waals surface area contributed by atoms with Crippen LogP contribution in [0.2, 0.25) is 5.02 Å². The summed E-state index contributed by atoms with van der Waals surface area (Å²) in [6, 6.07) is 8.26. The number of aromatic carboxylic acids is 1. The minimum absolute atomic E-state index is 0.0317. The number of hydrogen-bond acceptors (Lipinski definition) is 3. The van der Waals surface area contributed by atoms with Gasteiger partial charge in [-0.1, -0.05) is 23.7 Å². The molecule has 0 aliphatic rings. The van der Waals surface area contributed by atoms with Gasteiger partial charge in [-0.2, -0.15) is 0 Å². The van der Waals surface area contributed by atoms with Gasteiger partial charge in [-0.15, -0.1) is 0 Å². The van der Waals surface area contributed by atoms with Gasteiger partial charge in [0.25, 0.3) is 0 Å². The quantitative estimate of drug-likeness (QED) is 0.879. The second-order valence-corrected chi connectivity index (χ2v) is 4.59. The van der Waals surface area contributed by atoms with E-state index in [-0.39, 0.29) is 16.1 Å². The first-order valence-corrected chi connectivity index (χ1v) is 6.23. The Morgan fingerprint density at radius 3 is 2.29 bits per heavy atom. The molecule has 2 aromatic carbocycles. The molecule has 2 aromatic rings. The van der Waals surface area contributed by atoms with E-state index in [4.69, 9.17) is 16.7 Å². The lowest BCUT2D eigenvalue weighted by atomic mass is 10.0. The van der Waals surface area contributed by atoms with Gasteiger partial charge < -0.3 is 9.84 Å². The fourth-order valence-electron chi connectivity index (χ4n) is 1.84. The highest BCUT2D eigenvalue weighted by molar-refractivity contribution is 6.33. The summed E-state index contributed by atoms with van der Waals surface area (Å²) in [5.41, 5.74) is 0.856. The minimum Gasteiger partial charge on any atom is -0.478 e. The average molecular weight is 309 g/mol. The molecular formula is C15H10ClFO4. The van der Waals surface area contributed by atoms with Crippen molar-refractivity contribution in [2.75, 3.05) is 7.11 Å². The zero-order valence-corrected chi connectivity index (χ0v) is 11.6. The van der Waals surface area contributed by atoms with Crippen LogP contribution in [0.4, 0.5) is 4.39 Å². The maximum Gasteiger partial charge on any atom is 0.340 e. The molecule has 0 saturated heterocycles. The Morgan fingerprint density at radius 2 is 1.71 bits per heavy atom. The third-order valence-corrected chi connectivity index (χ3v) is 3.22. The number of carboxylic acids is 1. The number of carboxylic acid groups (broad SMARTS) is 1. The standard InChI is InChI=1S/C15H10ClFO4/c1-21-15(20)11-6-8(3-5-13(11)17)9-2-4-10(14(18)19)12(16)7-9/h2-7H,1H3,(H,18,19). The Kier molecular flexibility index (Phi) is 4.23. The lowest BCUT2D eigenvalue weighted by Crippen LogP contribution is -2.04. The summed E-state index contributed by atoms with van der Waals surface area (Å²) in [6.07, 6.45) is 0. The Hall–Kier alpha value is -2.40. The molecular weight excluding hydrogens is 299 g/mol. The van der Waals surface area contributed by atoms with E-state index >= 15 is 0 Å². The lowest BCUT2D eigenvalue weighted by molar-refractivity contribution is 0.0594. The highest BCUT2D eigenvalue weighted by Crippen LogP contribution is 2.27. The molecule has 0 bridgehead atoms. The fraction of sp³-hybridized carbons (Fsp3) is 0.0667. The summed E-state index contributed by atoms with van der Waals surface area (Å²) in [5, 5.41) is 8.98. The van der Waals surface area contributed by atoms with Crippen molar-refractivity contribution in [1.82, 2.24) is 0 Å². The van der Waals surface area contributed by atoms with Crippen molar-refractivity contribution < 1.29 is 23.8 Å². The van der Waals surface area contributed by atoms with E-state index in [0.717, 1.165) is 13.2 Å². The molecule has 0 aliphatic carbocycles. The summed E-state index contributed by atoms with van der Waals surface area (Å²) in [5.74, 6) is -2.62. The third-order valence-electron chi connectivity index (χ3n) is 2.90. The molecule has 0 heterocycles. The molecule has 1 N–H and O–H groups in total. The summed E-state index contributed by atoms with van der Waals surface area (Å²) in [7, 11) is 1.16. The van der Waals surface area contributed by atoms with Crippen LogP contribution in [-0.2, 0) is 4.74 Å². The van der Waals surface area contributed by atoms with Crippen molar-refractivity contribution in [3.05, 3.63) is 58.4 Å². The van der Waals surface area contributed by atoms with Crippen LogP contribution in [0.1, 0.15) is 20.7 Å². The van der Waals surface area contributed by atoms with Gasteiger partial charge in [0.1, 0.15) is 5.82 Å². The summed E-state index contributed by atoms with van der Waals surface area (Å²) in [4.78, 5) is 22.4. The first-order valence-electron chi connectivity index (χ1n) is 5.85. The van der Waals surface area contributed by atoms with Gasteiger partial charge in [0.2, 0.25) is 0 Å². The van der Waals surface area contributed by atoms with Gasteiger partial charge in [-0.25, -0.2) is 14.0 Å². The van der Waals surface area contributed by atoms with E-state index in [1.54, 1.807) is 0 Å². The molecule has 0 aromatic heterocycles. The second kappa shape index (κ2) is 5.93. The topological polar surface area (TPSA) is 63.6 Å². The van der Waals surface area contributed by atoms with Crippen LogP contribution >= 0.6 is 11.6 Å². The summed E-state index contributed by atoms with van der Waals surface area (Å²) < 4.78 is 18.1. The van der Waals surface area contributed by atoms with E-state index in [1.807, 2.05) is 0 Å². The predicted octanol–water partition coefficient (Wildman–Crippen LogP) is 3.63. The molecule has 0 unspecified atom stereocenters. The summed E-state index contributed by atoms with van der Waals surface area (Å²) in [6.45, 7) is 0. The Balaban J connectivity index is 2.50. The molecule has 0 atom stereocenters. The van der Waals surface area contributed by atoms with Crippen LogP contribution < -0.4 is 0 Å². The average Bonchev–Trinajstić information content (AvgIpc) is 2.46. The van der Waals surface area contributed by atoms with Crippen molar-refractivity contribution in [2.45, 2.75) is 0 Å². The number of rotatable bonds is 3. The van der Waals surface area contributed by atoms with Crippen LogP contribution in [0.25, 0.3) is 11.1 Å². The van der Waals surface area contributed by atoms with Crippen molar-refractivity contribution in [2.24, 2.45) is 0 Å². The smallest absolute Gasteiger partial charge is 0.340 e. The predicted molar refractivity (Wildman–Crippen MR) is 75.1 cm³/mol. The van der Waals surface area contributed by atoms with E-state index in [9.17, 15) is 14.0 Å². The Morgan fingerprint density at radius 1 is 1.10 bits per heavy atom. The van der Waals surface area contributed by atoms with E-state index < -0.39 is 17.8 Å². The molecule has 4 nitrogen and oxygen atoms in total. The molecule has 0 fully saturated rings. The number of ether oxygens (including phenoxy) is 1. The van der Waals surface area contributed by atoms with Crippen LogP contribution in [0.5, 0.6) is 0 Å². The van der Waals surface area contributed by atoms with Crippen LogP contribution in [0.15, 0.2) is 36.4 Å². The molecule has 6 heteroatoms. The molecule has 2 rings (SSSR count). The largest absolute Gasteiger partial charge is 0.478 e. The van der Waals surface area contributed by atoms with Crippen molar-refractivity contribution in [3.63, 3.8) is 0 Å². The van der Waals surface area contributed by atoms with E-state index in [2.05, 4.69) is 4.74 Å². The number of hydrogen-bond donors (Lipinski definition) is 1. The van der Waals surface area contributed by atoms with E-state index in [1.165, 1.54) is 30.3 Å². The van der Waals surface area contributed by atoms with Gasteiger partial charge >= 0.3 is 11.9 Å². The Bertz CT molecular complexity index is 728. The van der Waals surface area contributed by atoms with Gasteiger partial charge in [-0.3, -0.25) is 0 Å². The van der Waals surface area contributed by atoms with Crippen molar-refractivity contribution >= 4 is 23.5 Å². The molecule has 0 saturated carbocycles. The van der Waals surface area contributed by atoms with E-state index in [0.29, 0.717) is 11.1 Å². The highest BCUT2D eigenvalue weighted by Gasteiger charge is 2.15. The summed E-state index contributed by atoms with van der Waals surface area (Å²) >= 11 is 5.89. The number of carbonyl (C=O) groups is 2. The maximum atomic E-state index is 13.6. The van der Waals surface area contributed by atoms with Crippen LogP contribution in [0, 0.1) is 5.82 Å². The van der Waals surface area contributed by atoms with Crippen LogP contribution in [0.3, 0.4) is 0 Å². The normalized spacial score (nSPS) is 10.2. The molecule has 108 valence electrons. The van der Waals surface area contributed by atoms with Gasteiger partial charge in [-0.05, 0) is 35.4 Å².